The molecule has 0 aromatic heterocycles. The van der Waals surface area contributed by atoms with Crippen LogP contribution in [0, 0.1) is 0 Å². The van der Waals surface area contributed by atoms with Crippen molar-refractivity contribution in [2.75, 3.05) is 11.9 Å². The van der Waals surface area contributed by atoms with Gasteiger partial charge < -0.3 is 15.5 Å². The Morgan fingerprint density at radius 2 is 2.14 bits per heavy atom. The van der Waals surface area contributed by atoms with Crippen molar-refractivity contribution in [3.05, 3.63) is 29.3 Å². The summed E-state index contributed by atoms with van der Waals surface area (Å²) in [4.78, 5) is 26.0. The third-order valence-corrected chi connectivity index (χ3v) is 3.56. The van der Waals surface area contributed by atoms with Crippen molar-refractivity contribution in [3.8, 4) is 0 Å². The first-order chi connectivity index (χ1) is 9.97. The van der Waals surface area contributed by atoms with E-state index in [9.17, 15) is 9.59 Å². The van der Waals surface area contributed by atoms with Gasteiger partial charge in [-0.1, -0.05) is 17.7 Å². The van der Waals surface area contributed by atoms with Crippen LogP contribution in [0.1, 0.15) is 26.7 Å². The zero-order chi connectivity index (χ0) is 15.4. The van der Waals surface area contributed by atoms with Crippen molar-refractivity contribution < 1.29 is 9.59 Å². The number of amides is 3. The van der Waals surface area contributed by atoms with Gasteiger partial charge in [-0.2, -0.15) is 0 Å². The molecule has 21 heavy (non-hydrogen) atoms. The quantitative estimate of drug-likeness (QED) is 0.902. The van der Waals surface area contributed by atoms with E-state index in [4.69, 9.17) is 11.6 Å². The maximum atomic E-state index is 12.3. The lowest BCUT2D eigenvalue weighted by Gasteiger charge is -2.25. The van der Waals surface area contributed by atoms with Crippen molar-refractivity contribution in [2.45, 2.75) is 38.8 Å². The molecule has 0 spiro atoms. The minimum atomic E-state index is -0.397. The number of carbonyl (C=O) groups excluding carboxylic acids is 2. The average molecular weight is 310 g/mol. The van der Waals surface area contributed by atoms with Crippen molar-refractivity contribution >= 4 is 29.2 Å². The molecule has 2 N–H and O–H groups in total. The van der Waals surface area contributed by atoms with Crippen molar-refractivity contribution in [3.63, 3.8) is 0 Å². The number of hydrogen-bond donors (Lipinski definition) is 2. The minimum Gasteiger partial charge on any atom is -0.352 e. The molecular weight excluding hydrogens is 290 g/mol. The fraction of sp³-hybridized carbons (Fsp3) is 0.467. The monoisotopic (exact) mass is 309 g/mol. The standard InChI is InChI=1S/C15H20ClN3O2/c1-10(2)17-14(20)13-7-4-8-19(13)15(21)18-12-6-3-5-11(16)9-12/h3,5-6,9-10,13H,4,7-8H2,1-2H3,(H,17,20)(H,18,21). The average Bonchev–Trinajstić information content (AvgIpc) is 2.87. The molecule has 1 saturated heterocycles. The van der Waals surface area contributed by atoms with Gasteiger partial charge in [-0.3, -0.25) is 4.79 Å². The molecule has 0 saturated carbocycles. The van der Waals surface area contributed by atoms with Gasteiger partial charge in [0.1, 0.15) is 6.04 Å². The van der Waals surface area contributed by atoms with E-state index in [-0.39, 0.29) is 18.0 Å². The maximum absolute atomic E-state index is 12.3. The largest absolute Gasteiger partial charge is 0.352 e. The van der Waals surface area contributed by atoms with E-state index in [2.05, 4.69) is 10.6 Å². The number of nitrogens with one attached hydrogen (secondary N) is 2. The Morgan fingerprint density at radius 1 is 1.38 bits per heavy atom. The number of carbonyl (C=O) groups is 2. The normalized spacial score (nSPS) is 17.9. The van der Waals surface area contributed by atoms with Crippen LogP contribution in [-0.4, -0.2) is 35.5 Å². The summed E-state index contributed by atoms with van der Waals surface area (Å²) in [5.41, 5.74) is 0.627. The highest BCUT2D eigenvalue weighted by Gasteiger charge is 2.34. The van der Waals surface area contributed by atoms with E-state index in [1.54, 1.807) is 29.2 Å². The van der Waals surface area contributed by atoms with Gasteiger partial charge in [-0.25, -0.2) is 4.79 Å². The Kier molecular flexibility index (Phi) is 5.07. The van der Waals surface area contributed by atoms with E-state index >= 15 is 0 Å². The number of halogens is 1. The lowest BCUT2D eigenvalue weighted by Crippen LogP contribution is -2.48. The molecular formula is C15H20ClN3O2. The molecule has 1 fully saturated rings. The topological polar surface area (TPSA) is 61.4 Å². The molecule has 1 heterocycles. The fourth-order valence-corrected chi connectivity index (χ4v) is 2.61. The summed E-state index contributed by atoms with van der Waals surface area (Å²) < 4.78 is 0. The lowest BCUT2D eigenvalue weighted by atomic mass is 10.2. The Bertz CT molecular complexity index is 533. The van der Waals surface area contributed by atoms with Gasteiger partial charge in [-0.15, -0.1) is 0 Å². The molecule has 1 aliphatic heterocycles. The van der Waals surface area contributed by atoms with Crippen LogP contribution >= 0.6 is 11.6 Å². The molecule has 6 heteroatoms. The molecule has 5 nitrogen and oxygen atoms in total. The lowest BCUT2D eigenvalue weighted by molar-refractivity contribution is -0.125. The second-order valence-corrected chi connectivity index (χ2v) is 5.89. The molecule has 2 rings (SSSR count). The summed E-state index contributed by atoms with van der Waals surface area (Å²) >= 11 is 5.90. The molecule has 0 bridgehead atoms. The number of likely N-dealkylation sites (tertiary alicyclic amines) is 1. The van der Waals surface area contributed by atoms with Gasteiger partial charge in [0.15, 0.2) is 0 Å². The smallest absolute Gasteiger partial charge is 0.322 e. The van der Waals surface area contributed by atoms with Crippen LogP contribution in [0.5, 0.6) is 0 Å². The summed E-state index contributed by atoms with van der Waals surface area (Å²) in [5, 5.41) is 6.20. The van der Waals surface area contributed by atoms with E-state index < -0.39 is 6.04 Å². The predicted molar refractivity (Wildman–Crippen MR) is 83.5 cm³/mol. The number of benzene rings is 1. The molecule has 1 aromatic carbocycles. The zero-order valence-corrected chi connectivity index (χ0v) is 13.0. The molecule has 1 unspecified atom stereocenters. The number of urea groups is 1. The molecule has 3 amide bonds. The molecule has 0 radical (unpaired) electrons. The van der Waals surface area contributed by atoms with Gasteiger partial charge in [0.25, 0.3) is 0 Å². The number of rotatable bonds is 3. The van der Waals surface area contributed by atoms with E-state index in [1.165, 1.54) is 0 Å². The molecule has 114 valence electrons. The molecule has 1 aromatic rings. The maximum Gasteiger partial charge on any atom is 0.322 e. The molecule has 1 atom stereocenters. The van der Waals surface area contributed by atoms with Crippen molar-refractivity contribution in [2.24, 2.45) is 0 Å². The van der Waals surface area contributed by atoms with Crippen LogP contribution in [0.25, 0.3) is 0 Å². The Morgan fingerprint density at radius 3 is 2.81 bits per heavy atom. The molecule has 0 aliphatic carbocycles. The highest BCUT2D eigenvalue weighted by Crippen LogP contribution is 2.20. The van der Waals surface area contributed by atoms with Crippen LogP contribution in [0.4, 0.5) is 10.5 Å². The summed E-state index contributed by atoms with van der Waals surface area (Å²) in [6.07, 6.45) is 1.53. The van der Waals surface area contributed by atoms with Gasteiger partial charge in [0, 0.05) is 23.3 Å². The van der Waals surface area contributed by atoms with Crippen LogP contribution < -0.4 is 10.6 Å². The summed E-state index contributed by atoms with van der Waals surface area (Å²) in [5.74, 6) is -0.0938. The van der Waals surface area contributed by atoms with E-state index in [1.807, 2.05) is 13.8 Å². The van der Waals surface area contributed by atoms with Gasteiger partial charge in [0.2, 0.25) is 5.91 Å². The Hall–Kier alpha value is -1.75. The number of nitrogens with zero attached hydrogens (tertiary/aromatic N) is 1. The van der Waals surface area contributed by atoms with Crippen LogP contribution in [-0.2, 0) is 4.79 Å². The zero-order valence-electron chi connectivity index (χ0n) is 12.2. The SMILES string of the molecule is CC(C)NC(=O)C1CCCN1C(=O)Nc1cccc(Cl)c1. The number of anilines is 1. The Labute approximate surface area is 129 Å². The summed E-state index contributed by atoms with van der Waals surface area (Å²) in [6.45, 7) is 4.40. The van der Waals surface area contributed by atoms with Gasteiger partial charge in [-0.05, 0) is 44.9 Å². The fourth-order valence-electron chi connectivity index (χ4n) is 2.42. The Balaban J connectivity index is 2.02. The molecule has 1 aliphatic rings. The first kappa shape index (κ1) is 15.6. The van der Waals surface area contributed by atoms with Crippen molar-refractivity contribution in [1.82, 2.24) is 10.2 Å². The summed E-state index contributed by atoms with van der Waals surface area (Å²) in [7, 11) is 0. The van der Waals surface area contributed by atoms with Gasteiger partial charge in [0.05, 0.1) is 0 Å². The van der Waals surface area contributed by atoms with Crippen LogP contribution in [0.2, 0.25) is 5.02 Å². The third-order valence-electron chi connectivity index (χ3n) is 3.32. The van der Waals surface area contributed by atoms with Crippen LogP contribution in [0.3, 0.4) is 0 Å². The predicted octanol–water partition coefficient (Wildman–Crippen LogP) is 2.86. The number of hydrogen-bond acceptors (Lipinski definition) is 2. The summed E-state index contributed by atoms with van der Waals surface area (Å²) in [6, 6.07) is 6.36. The van der Waals surface area contributed by atoms with Gasteiger partial charge >= 0.3 is 6.03 Å². The minimum absolute atomic E-state index is 0.0657. The van der Waals surface area contributed by atoms with E-state index in [0.717, 1.165) is 6.42 Å². The highest BCUT2D eigenvalue weighted by molar-refractivity contribution is 6.30. The van der Waals surface area contributed by atoms with Crippen LogP contribution in [0.15, 0.2) is 24.3 Å². The second kappa shape index (κ2) is 6.80. The first-order valence-corrected chi connectivity index (χ1v) is 7.48. The van der Waals surface area contributed by atoms with Crippen molar-refractivity contribution in [1.29, 1.82) is 0 Å². The first-order valence-electron chi connectivity index (χ1n) is 7.11. The van der Waals surface area contributed by atoms with E-state index in [0.29, 0.717) is 23.7 Å². The third kappa shape index (κ3) is 4.11. The second-order valence-electron chi connectivity index (χ2n) is 5.46. The highest BCUT2D eigenvalue weighted by atomic mass is 35.5.